The van der Waals surface area contributed by atoms with Crippen LogP contribution in [-0.4, -0.2) is 51.7 Å². The van der Waals surface area contributed by atoms with Gasteiger partial charge in [0.2, 0.25) is 5.82 Å². The number of nitrogens with zero attached hydrogens (tertiary/aromatic N) is 6. The highest BCUT2D eigenvalue weighted by Crippen LogP contribution is 2.37. The van der Waals surface area contributed by atoms with Gasteiger partial charge in [-0.25, -0.2) is 0 Å². The lowest BCUT2D eigenvalue weighted by Crippen LogP contribution is -2.46. The number of tetrazole rings is 1. The minimum Gasteiger partial charge on any atom is -0.369 e. The number of benzene rings is 2. The standard InChI is InChI=1S/C22H21F3N8/c23-22(24,25)19-12-18(6-7-20(19)27-14-17(13-26)21-28-30-31-29-21)33-10-8-32(9-11-33)15-16-4-2-1-3-5-16/h1-7,12,14,27H,8-11,15H2,(H,28,29,30,31). The molecule has 0 saturated carbocycles. The summed E-state index contributed by atoms with van der Waals surface area (Å²) in [4.78, 5) is 4.24. The maximum atomic E-state index is 13.8. The first-order valence-electron chi connectivity index (χ1n) is 10.3. The van der Waals surface area contributed by atoms with E-state index in [9.17, 15) is 18.4 Å². The van der Waals surface area contributed by atoms with E-state index in [1.165, 1.54) is 11.6 Å². The molecule has 2 aromatic carbocycles. The topological polar surface area (TPSA) is 96.8 Å². The normalized spacial score (nSPS) is 15.3. The summed E-state index contributed by atoms with van der Waals surface area (Å²) in [5.41, 5.74) is 0.704. The summed E-state index contributed by atoms with van der Waals surface area (Å²) >= 11 is 0. The van der Waals surface area contributed by atoms with E-state index < -0.39 is 11.7 Å². The number of aromatic nitrogens is 4. The average Bonchev–Trinajstić information content (AvgIpc) is 3.35. The molecule has 0 aliphatic carbocycles. The number of H-pyrrole nitrogens is 1. The second-order valence-electron chi connectivity index (χ2n) is 7.53. The van der Waals surface area contributed by atoms with Crippen molar-refractivity contribution in [3.8, 4) is 6.07 Å². The van der Waals surface area contributed by atoms with Gasteiger partial charge in [-0.05, 0) is 29.0 Å². The molecule has 0 bridgehead atoms. The largest absolute Gasteiger partial charge is 0.418 e. The van der Waals surface area contributed by atoms with Crippen molar-refractivity contribution >= 4 is 16.9 Å². The van der Waals surface area contributed by atoms with E-state index in [0.717, 1.165) is 31.9 Å². The zero-order chi connectivity index (χ0) is 23.3. The van der Waals surface area contributed by atoms with Crippen molar-refractivity contribution in [3.05, 3.63) is 71.7 Å². The maximum absolute atomic E-state index is 13.8. The van der Waals surface area contributed by atoms with Crippen LogP contribution >= 0.6 is 0 Å². The molecule has 4 rings (SSSR count). The summed E-state index contributed by atoms with van der Waals surface area (Å²) in [5, 5.41) is 24.7. The summed E-state index contributed by atoms with van der Waals surface area (Å²) in [6.45, 7) is 3.60. The third-order valence-electron chi connectivity index (χ3n) is 5.37. The molecule has 170 valence electrons. The average molecular weight is 454 g/mol. The molecule has 0 amide bonds. The Morgan fingerprint density at radius 1 is 1.12 bits per heavy atom. The Bertz CT molecular complexity index is 1130. The zero-order valence-electron chi connectivity index (χ0n) is 17.5. The number of hydrogen-bond acceptors (Lipinski definition) is 7. The summed E-state index contributed by atoms with van der Waals surface area (Å²) < 4.78 is 41.4. The van der Waals surface area contributed by atoms with E-state index in [0.29, 0.717) is 18.8 Å². The Kier molecular flexibility index (Phi) is 6.55. The second kappa shape index (κ2) is 9.70. The molecule has 2 heterocycles. The number of alkyl halides is 3. The fraction of sp³-hybridized carbons (Fsp3) is 0.273. The van der Waals surface area contributed by atoms with Gasteiger partial charge in [0.05, 0.1) is 11.3 Å². The Hall–Kier alpha value is -3.91. The van der Waals surface area contributed by atoms with Crippen LogP contribution in [0.3, 0.4) is 0 Å². The van der Waals surface area contributed by atoms with Crippen molar-refractivity contribution in [2.45, 2.75) is 12.7 Å². The highest BCUT2D eigenvalue weighted by atomic mass is 19.4. The van der Waals surface area contributed by atoms with E-state index in [2.05, 4.69) is 43.0 Å². The SMILES string of the molecule is N#CC(=CNc1ccc(N2CCN(Cc3ccccc3)CC2)cc1C(F)(F)F)c1nn[nH]n1. The lowest BCUT2D eigenvalue weighted by Gasteiger charge is -2.36. The van der Waals surface area contributed by atoms with Gasteiger partial charge in [-0.1, -0.05) is 30.3 Å². The van der Waals surface area contributed by atoms with Crippen molar-refractivity contribution in [1.82, 2.24) is 25.5 Å². The van der Waals surface area contributed by atoms with Crippen molar-refractivity contribution in [1.29, 1.82) is 5.26 Å². The van der Waals surface area contributed by atoms with E-state index in [-0.39, 0.29) is 17.1 Å². The predicted octanol–water partition coefficient (Wildman–Crippen LogP) is 3.52. The van der Waals surface area contributed by atoms with Crippen LogP contribution in [0.1, 0.15) is 17.0 Å². The van der Waals surface area contributed by atoms with Gasteiger partial charge in [-0.2, -0.15) is 23.6 Å². The third kappa shape index (κ3) is 5.48. The van der Waals surface area contributed by atoms with Gasteiger partial charge in [0.1, 0.15) is 11.6 Å². The molecule has 3 aromatic rings. The van der Waals surface area contributed by atoms with Crippen LogP contribution in [0.25, 0.3) is 5.57 Å². The third-order valence-corrected chi connectivity index (χ3v) is 5.37. The first-order chi connectivity index (χ1) is 15.9. The summed E-state index contributed by atoms with van der Waals surface area (Å²) in [7, 11) is 0. The van der Waals surface area contributed by atoms with Crippen LogP contribution < -0.4 is 10.2 Å². The van der Waals surface area contributed by atoms with Crippen LogP contribution in [0.5, 0.6) is 0 Å². The van der Waals surface area contributed by atoms with Gasteiger partial charge in [-0.3, -0.25) is 4.90 Å². The molecule has 0 atom stereocenters. The fourth-order valence-electron chi connectivity index (χ4n) is 3.67. The molecule has 1 aliphatic heterocycles. The maximum Gasteiger partial charge on any atom is 0.418 e. The molecule has 0 spiro atoms. The van der Waals surface area contributed by atoms with Gasteiger partial charge in [0.15, 0.2) is 0 Å². The van der Waals surface area contributed by atoms with E-state index in [4.69, 9.17) is 0 Å². The number of aromatic amines is 1. The Morgan fingerprint density at radius 3 is 2.52 bits per heavy atom. The van der Waals surface area contributed by atoms with Gasteiger partial charge in [0, 0.05) is 44.6 Å². The summed E-state index contributed by atoms with van der Waals surface area (Å²) in [6.07, 6.45) is -3.43. The minimum atomic E-state index is -4.57. The van der Waals surface area contributed by atoms with Crippen molar-refractivity contribution < 1.29 is 13.2 Å². The number of piperazine rings is 1. The number of anilines is 2. The van der Waals surface area contributed by atoms with Gasteiger partial charge in [-0.15, -0.1) is 10.2 Å². The molecule has 1 aromatic heterocycles. The van der Waals surface area contributed by atoms with Crippen molar-refractivity contribution in [3.63, 3.8) is 0 Å². The van der Waals surface area contributed by atoms with Crippen LogP contribution in [0, 0.1) is 11.3 Å². The Morgan fingerprint density at radius 2 is 1.88 bits per heavy atom. The molecule has 0 unspecified atom stereocenters. The first-order valence-corrected chi connectivity index (χ1v) is 10.3. The Balaban J connectivity index is 1.47. The van der Waals surface area contributed by atoms with Crippen LogP contribution in [0.2, 0.25) is 0 Å². The molecule has 8 nitrogen and oxygen atoms in total. The molecule has 1 aliphatic rings. The number of nitriles is 1. The molecule has 33 heavy (non-hydrogen) atoms. The van der Waals surface area contributed by atoms with Gasteiger partial charge >= 0.3 is 6.18 Å². The molecular weight excluding hydrogens is 433 g/mol. The Labute approximate surface area is 188 Å². The number of allylic oxidation sites excluding steroid dienone is 1. The quantitative estimate of drug-likeness (QED) is 0.550. The highest BCUT2D eigenvalue weighted by Gasteiger charge is 2.34. The predicted molar refractivity (Wildman–Crippen MR) is 117 cm³/mol. The highest BCUT2D eigenvalue weighted by molar-refractivity contribution is 5.75. The monoisotopic (exact) mass is 454 g/mol. The molecule has 0 radical (unpaired) electrons. The number of hydrogen-bond donors (Lipinski definition) is 2. The minimum absolute atomic E-state index is 0.0106. The molecule has 11 heteroatoms. The fourth-order valence-corrected chi connectivity index (χ4v) is 3.67. The summed E-state index contributed by atoms with van der Waals surface area (Å²) in [5.74, 6) is -0.0106. The number of nitrogens with one attached hydrogen (secondary N) is 2. The lowest BCUT2D eigenvalue weighted by molar-refractivity contribution is -0.136. The first kappa shape index (κ1) is 22.3. The van der Waals surface area contributed by atoms with Crippen LogP contribution in [0.4, 0.5) is 24.5 Å². The van der Waals surface area contributed by atoms with Crippen molar-refractivity contribution in [2.24, 2.45) is 0 Å². The lowest BCUT2D eigenvalue weighted by atomic mass is 10.1. The summed E-state index contributed by atoms with van der Waals surface area (Å²) in [6, 6.07) is 16.1. The molecule has 1 saturated heterocycles. The second-order valence-corrected chi connectivity index (χ2v) is 7.53. The molecule has 1 fully saturated rings. The number of rotatable bonds is 6. The van der Waals surface area contributed by atoms with Gasteiger partial charge in [0.25, 0.3) is 0 Å². The molecular formula is C22H21F3N8. The van der Waals surface area contributed by atoms with E-state index in [1.54, 1.807) is 6.07 Å². The number of halogens is 3. The van der Waals surface area contributed by atoms with Crippen LogP contribution in [-0.2, 0) is 12.7 Å². The smallest absolute Gasteiger partial charge is 0.369 e. The van der Waals surface area contributed by atoms with E-state index >= 15 is 0 Å². The zero-order valence-corrected chi connectivity index (χ0v) is 17.5. The van der Waals surface area contributed by atoms with Crippen molar-refractivity contribution in [2.75, 3.05) is 36.4 Å². The van der Waals surface area contributed by atoms with Crippen LogP contribution in [0.15, 0.2) is 54.7 Å². The van der Waals surface area contributed by atoms with E-state index in [1.807, 2.05) is 29.2 Å². The molecule has 2 N–H and O–H groups in total. The van der Waals surface area contributed by atoms with Gasteiger partial charge < -0.3 is 10.2 Å².